The SMILES string of the molecule is CCOC(=O)N1CCC2(CC1)OC(=O)C(C)=C2C(=O)NCc1ccccc1F. The molecule has 0 aromatic heterocycles. The van der Waals surface area contributed by atoms with Gasteiger partial charge in [0.1, 0.15) is 11.4 Å². The van der Waals surface area contributed by atoms with Gasteiger partial charge in [-0.2, -0.15) is 0 Å². The highest BCUT2D eigenvalue weighted by atomic mass is 19.1. The molecule has 2 aliphatic rings. The maximum absolute atomic E-state index is 13.8. The average molecular weight is 390 g/mol. The highest BCUT2D eigenvalue weighted by Crippen LogP contribution is 2.41. The molecule has 1 N–H and O–H groups in total. The van der Waals surface area contributed by atoms with Crippen LogP contribution in [-0.4, -0.2) is 48.2 Å². The van der Waals surface area contributed by atoms with E-state index in [-0.39, 0.29) is 24.3 Å². The van der Waals surface area contributed by atoms with E-state index in [0.717, 1.165) is 0 Å². The van der Waals surface area contributed by atoms with Gasteiger partial charge < -0.3 is 19.7 Å². The number of amides is 2. The highest BCUT2D eigenvalue weighted by Gasteiger charge is 2.51. The fourth-order valence-electron chi connectivity index (χ4n) is 3.65. The fourth-order valence-corrected chi connectivity index (χ4v) is 3.65. The van der Waals surface area contributed by atoms with Gasteiger partial charge >= 0.3 is 12.1 Å². The number of benzene rings is 1. The van der Waals surface area contributed by atoms with Crippen LogP contribution in [0.2, 0.25) is 0 Å². The van der Waals surface area contributed by atoms with Crippen LogP contribution in [0, 0.1) is 5.82 Å². The zero-order valence-corrected chi connectivity index (χ0v) is 15.9. The Morgan fingerprint density at radius 3 is 2.61 bits per heavy atom. The van der Waals surface area contributed by atoms with Crippen LogP contribution in [0.5, 0.6) is 0 Å². The Bertz CT molecular complexity index is 828. The minimum atomic E-state index is -1.07. The molecule has 0 radical (unpaired) electrons. The second kappa shape index (κ2) is 8.00. The number of esters is 1. The van der Waals surface area contributed by atoms with Gasteiger partial charge in [0.25, 0.3) is 5.91 Å². The normalized spacial score (nSPS) is 18.2. The van der Waals surface area contributed by atoms with Crippen molar-refractivity contribution < 1.29 is 28.2 Å². The molecule has 0 aliphatic carbocycles. The molecular weight excluding hydrogens is 367 g/mol. The molecule has 2 aliphatic heterocycles. The van der Waals surface area contributed by atoms with Crippen molar-refractivity contribution in [1.29, 1.82) is 0 Å². The molecule has 1 aromatic carbocycles. The number of halogens is 1. The van der Waals surface area contributed by atoms with E-state index in [9.17, 15) is 18.8 Å². The summed E-state index contributed by atoms with van der Waals surface area (Å²) in [5, 5.41) is 2.68. The van der Waals surface area contributed by atoms with Crippen molar-refractivity contribution in [2.75, 3.05) is 19.7 Å². The number of hydrogen-bond donors (Lipinski definition) is 1. The topological polar surface area (TPSA) is 84.9 Å². The van der Waals surface area contributed by atoms with Gasteiger partial charge in [0, 0.05) is 43.6 Å². The molecule has 0 unspecified atom stereocenters. The zero-order valence-electron chi connectivity index (χ0n) is 15.9. The Morgan fingerprint density at radius 1 is 1.29 bits per heavy atom. The molecule has 0 atom stereocenters. The van der Waals surface area contributed by atoms with Crippen molar-refractivity contribution in [3.05, 3.63) is 46.8 Å². The Kier molecular flexibility index (Phi) is 5.67. The summed E-state index contributed by atoms with van der Waals surface area (Å²) >= 11 is 0. The molecule has 1 fully saturated rings. The maximum atomic E-state index is 13.8. The third-order valence-electron chi connectivity index (χ3n) is 5.15. The number of piperidine rings is 1. The first-order valence-electron chi connectivity index (χ1n) is 9.26. The Labute approximate surface area is 162 Å². The van der Waals surface area contributed by atoms with E-state index in [4.69, 9.17) is 9.47 Å². The number of ether oxygens (including phenoxy) is 2. The first-order valence-corrected chi connectivity index (χ1v) is 9.26. The van der Waals surface area contributed by atoms with Crippen LogP contribution in [0.3, 0.4) is 0 Å². The summed E-state index contributed by atoms with van der Waals surface area (Å²) in [5.74, 6) is -1.42. The molecule has 1 saturated heterocycles. The van der Waals surface area contributed by atoms with Gasteiger partial charge in [0.15, 0.2) is 0 Å². The van der Waals surface area contributed by atoms with E-state index in [1.165, 1.54) is 11.0 Å². The number of hydrogen-bond acceptors (Lipinski definition) is 5. The summed E-state index contributed by atoms with van der Waals surface area (Å²) < 4.78 is 24.4. The lowest BCUT2D eigenvalue weighted by atomic mass is 9.83. The molecule has 1 aromatic rings. The minimum absolute atomic E-state index is 0.00150. The first kappa shape index (κ1) is 19.9. The quantitative estimate of drug-likeness (QED) is 0.798. The van der Waals surface area contributed by atoms with Crippen molar-refractivity contribution in [3.8, 4) is 0 Å². The van der Waals surface area contributed by atoms with E-state index < -0.39 is 29.4 Å². The Morgan fingerprint density at radius 2 is 1.96 bits per heavy atom. The van der Waals surface area contributed by atoms with Gasteiger partial charge in [0.2, 0.25) is 0 Å². The summed E-state index contributed by atoms with van der Waals surface area (Å²) in [6.07, 6.45) is 0.183. The van der Waals surface area contributed by atoms with Crippen LogP contribution in [0.1, 0.15) is 32.3 Å². The first-order chi connectivity index (χ1) is 13.4. The van der Waals surface area contributed by atoms with Crippen molar-refractivity contribution in [2.45, 2.75) is 38.8 Å². The molecular formula is C20H23FN2O5. The molecule has 28 heavy (non-hydrogen) atoms. The molecule has 0 bridgehead atoms. The van der Waals surface area contributed by atoms with E-state index in [0.29, 0.717) is 31.5 Å². The van der Waals surface area contributed by atoms with Gasteiger partial charge in [-0.25, -0.2) is 14.0 Å². The Hall–Kier alpha value is -2.90. The smallest absolute Gasteiger partial charge is 0.409 e. The zero-order chi connectivity index (χ0) is 20.3. The predicted molar refractivity (Wildman–Crippen MR) is 97.6 cm³/mol. The van der Waals surface area contributed by atoms with Gasteiger partial charge in [-0.15, -0.1) is 0 Å². The summed E-state index contributed by atoms with van der Waals surface area (Å²) in [5.41, 5.74) is -0.206. The lowest BCUT2D eigenvalue weighted by Gasteiger charge is -2.38. The lowest BCUT2D eigenvalue weighted by Crippen LogP contribution is -2.50. The summed E-state index contributed by atoms with van der Waals surface area (Å²) in [7, 11) is 0. The minimum Gasteiger partial charge on any atom is -0.450 e. The van der Waals surface area contributed by atoms with Crippen molar-refractivity contribution in [3.63, 3.8) is 0 Å². The van der Waals surface area contributed by atoms with Crippen LogP contribution in [0.25, 0.3) is 0 Å². The van der Waals surface area contributed by atoms with Crippen molar-refractivity contribution in [2.24, 2.45) is 0 Å². The molecule has 2 heterocycles. The number of rotatable bonds is 4. The summed E-state index contributed by atoms with van der Waals surface area (Å²) in [6.45, 7) is 4.17. The fraction of sp³-hybridized carbons (Fsp3) is 0.450. The molecule has 150 valence electrons. The van der Waals surface area contributed by atoms with Crippen molar-refractivity contribution in [1.82, 2.24) is 10.2 Å². The van der Waals surface area contributed by atoms with Gasteiger partial charge in [-0.1, -0.05) is 18.2 Å². The third kappa shape index (κ3) is 3.72. The van der Waals surface area contributed by atoms with Gasteiger partial charge in [-0.05, 0) is 19.9 Å². The number of nitrogens with one attached hydrogen (secondary N) is 1. The number of likely N-dealkylation sites (tertiary alicyclic amines) is 1. The standard InChI is InChI=1S/C20H23FN2O5/c1-3-27-19(26)23-10-8-20(9-11-23)16(13(2)18(25)28-20)17(24)22-12-14-6-4-5-7-15(14)21/h4-7H,3,8-12H2,1-2H3,(H,22,24). The molecule has 1 spiro atoms. The summed E-state index contributed by atoms with van der Waals surface area (Å²) in [6, 6.07) is 6.16. The molecule has 8 heteroatoms. The molecule has 2 amide bonds. The van der Waals surface area contributed by atoms with E-state index in [1.54, 1.807) is 32.0 Å². The van der Waals surface area contributed by atoms with Crippen LogP contribution in [-0.2, 0) is 25.6 Å². The maximum Gasteiger partial charge on any atom is 0.409 e. The summed E-state index contributed by atoms with van der Waals surface area (Å²) in [4.78, 5) is 38.5. The molecule has 3 rings (SSSR count). The van der Waals surface area contributed by atoms with Gasteiger partial charge in [-0.3, -0.25) is 4.79 Å². The monoisotopic (exact) mass is 390 g/mol. The second-order valence-corrected chi connectivity index (χ2v) is 6.84. The van der Waals surface area contributed by atoms with E-state index >= 15 is 0 Å². The molecule has 0 saturated carbocycles. The van der Waals surface area contributed by atoms with Crippen LogP contribution >= 0.6 is 0 Å². The second-order valence-electron chi connectivity index (χ2n) is 6.84. The van der Waals surface area contributed by atoms with Crippen molar-refractivity contribution >= 4 is 18.0 Å². The highest BCUT2D eigenvalue weighted by molar-refractivity contribution is 6.07. The van der Waals surface area contributed by atoms with Crippen LogP contribution in [0.15, 0.2) is 35.4 Å². The Balaban J connectivity index is 1.73. The lowest BCUT2D eigenvalue weighted by molar-refractivity contribution is -0.150. The molecule has 7 nitrogen and oxygen atoms in total. The largest absolute Gasteiger partial charge is 0.450 e. The van der Waals surface area contributed by atoms with Crippen LogP contribution < -0.4 is 5.32 Å². The van der Waals surface area contributed by atoms with E-state index in [1.807, 2.05) is 0 Å². The number of nitrogens with zero attached hydrogens (tertiary/aromatic N) is 1. The van der Waals surface area contributed by atoms with E-state index in [2.05, 4.69) is 5.32 Å². The third-order valence-corrected chi connectivity index (χ3v) is 5.15. The number of carbonyl (C=O) groups is 3. The number of carbonyl (C=O) groups excluding carboxylic acids is 3. The predicted octanol–water partition coefficient (Wildman–Crippen LogP) is 2.31. The average Bonchev–Trinajstić information content (AvgIpc) is 2.91. The van der Waals surface area contributed by atoms with Crippen LogP contribution in [0.4, 0.5) is 9.18 Å². The van der Waals surface area contributed by atoms with Gasteiger partial charge in [0.05, 0.1) is 12.2 Å².